The first-order chi connectivity index (χ1) is 10.7. The van der Waals surface area contributed by atoms with Gasteiger partial charge in [-0.15, -0.1) is 0 Å². The summed E-state index contributed by atoms with van der Waals surface area (Å²) in [6, 6.07) is 5.55. The summed E-state index contributed by atoms with van der Waals surface area (Å²) in [5.41, 5.74) is 1.36. The van der Waals surface area contributed by atoms with E-state index in [4.69, 9.17) is 9.47 Å². The quantitative estimate of drug-likeness (QED) is 0.836. The molecule has 2 aliphatic heterocycles. The van der Waals surface area contributed by atoms with E-state index >= 15 is 0 Å². The summed E-state index contributed by atoms with van der Waals surface area (Å²) in [5, 5.41) is 2.70. The van der Waals surface area contributed by atoms with E-state index in [9.17, 15) is 9.59 Å². The van der Waals surface area contributed by atoms with Crippen LogP contribution in [0.5, 0.6) is 11.5 Å². The molecule has 2 aliphatic rings. The average Bonchev–Trinajstić information content (AvgIpc) is 2.96. The molecule has 0 fully saturated rings. The lowest BCUT2D eigenvalue weighted by atomic mass is 10.1. The number of aromatic nitrogens is 2. The van der Waals surface area contributed by atoms with Crippen LogP contribution in [0.25, 0.3) is 0 Å². The van der Waals surface area contributed by atoms with Crippen molar-refractivity contribution in [3.05, 3.63) is 51.2 Å². The third kappa shape index (κ3) is 2.11. The number of hydrogen-bond acceptors (Lipinski definition) is 5. The van der Waals surface area contributed by atoms with Gasteiger partial charge in [-0.3, -0.25) is 9.59 Å². The Hall–Kier alpha value is -2.83. The van der Waals surface area contributed by atoms with Gasteiger partial charge in [-0.2, -0.15) is 0 Å². The Bertz CT molecular complexity index is 828. The molecule has 0 unspecified atom stereocenters. The lowest BCUT2D eigenvalue weighted by Crippen LogP contribution is -2.37. The molecule has 0 aliphatic carbocycles. The number of hydrogen-bond donors (Lipinski definition) is 2. The van der Waals surface area contributed by atoms with Gasteiger partial charge in [-0.1, -0.05) is 6.07 Å². The topological polar surface area (TPSA) is 93.3 Å². The summed E-state index contributed by atoms with van der Waals surface area (Å²) < 4.78 is 10.6. The minimum absolute atomic E-state index is 0.215. The molecular weight excluding hydrogens is 286 g/mol. The highest BCUT2D eigenvalue weighted by molar-refractivity contribution is 5.94. The first-order valence-electron chi connectivity index (χ1n) is 6.99. The Morgan fingerprint density at radius 1 is 1.18 bits per heavy atom. The summed E-state index contributed by atoms with van der Waals surface area (Å²) in [5.74, 6) is 1.55. The summed E-state index contributed by atoms with van der Waals surface area (Å²) >= 11 is 0. The minimum atomic E-state index is -0.292. The number of ether oxygens (including phenoxy) is 2. The first kappa shape index (κ1) is 12.9. The van der Waals surface area contributed by atoms with Gasteiger partial charge in [0.1, 0.15) is 11.5 Å². The van der Waals surface area contributed by atoms with Crippen molar-refractivity contribution in [1.29, 1.82) is 0 Å². The molecule has 0 radical (unpaired) electrons. The van der Waals surface area contributed by atoms with Crippen LogP contribution in [0, 0.1) is 0 Å². The van der Waals surface area contributed by atoms with Crippen LogP contribution in [-0.4, -0.2) is 29.2 Å². The zero-order valence-electron chi connectivity index (χ0n) is 11.6. The normalized spacial score (nSPS) is 15.4. The molecule has 3 heterocycles. The highest BCUT2D eigenvalue weighted by Crippen LogP contribution is 2.32. The van der Waals surface area contributed by atoms with Gasteiger partial charge in [-0.05, 0) is 24.1 Å². The van der Waals surface area contributed by atoms with Crippen molar-refractivity contribution in [1.82, 2.24) is 15.3 Å². The van der Waals surface area contributed by atoms with Crippen molar-refractivity contribution < 1.29 is 14.3 Å². The average molecular weight is 299 g/mol. The number of carbonyl (C=O) groups excluding carboxylic acids is 1. The number of aromatic amines is 1. The molecular formula is C15H13N3O4. The number of amides is 1. The highest BCUT2D eigenvalue weighted by atomic mass is 16.7. The van der Waals surface area contributed by atoms with Crippen LogP contribution in [0.15, 0.2) is 23.0 Å². The molecule has 1 amide bonds. The number of rotatable bonds is 2. The van der Waals surface area contributed by atoms with E-state index < -0.39 is 0 Å². The predicted molar refractivity (Wildman–Crippen MR) is 76.3 cm³/mol. The minimum Gasteiger partial charge on any atom is -0.454 e. The maximum absolute atomic E-state index is 12.1. The van der Waals surface area contributed by atoms with E-state index in [1.165, 1.54) is 0 Å². The predicted octanol–water partition coefficient (Wildman–Crippen LogP) is 0.375. The van der Waals surface area contributed by atoms with Crippen LogP contribution < -0.4 is 20.3 Å². The second-order valence-electron chi connectivity index (χ2n) is 5.21. The molecule has 0 spiro atoms. The number of nitrogens with zero attached hydrogens (tertiary/aromatic N) is 1. The van der Waals surface area contributed by atoms with Crippen LogP contribution in [0.2, 0.25) is 0 Å². The number of carbonyl (C=O) groups is 1. The SMILES string of the molecule is O=C1NCCc2c1nc(Cc1ccc3c(c1)OCO3)[nH]c2=O. The molecule has 0 saturated carbocycles. The lowest BCUT2D eigenvalue weighted by Gasteiger charge is -2.15. The summed E-state index contributed by atoms with van der Waals surface area (Å²) in [6.07, 6.45) is 0.917. The Morgan fingerprint density at radius 3 is 2.95 bits per heavy atom. The second-order valence-corrected chi connectivity index (χ2v) is 5.21. The number of nitrogens with one attached hydrogen (secondary N) is 2. The van der Waals surface area contributed by atoms with E-state index in [-0.39, 0.29) is 24.0 Å². The van der Waals surface area contributed by atoms with Crippen molar-refractivity contribution in [2.45, 2.75) is 12.8 Å². The zero-order chi connectivity index (χ0) is 15.1. The van der Waals surface area contributed by atoms with E-state index in [2.05, 4.69) is 15.3 Å². The lowest BCUT2D eigenvalue weighted by molar-refractivity contribution is 0.0939. The van der Waals surface area contributed by atoms with Crippen LogP contribution in [-0.2, 0) is 12.8 Å². The maximum atomic E-state index is 12.1. The summed E-state index contributed by atoms with van der Waals surface area (Å²) in [4.78, 5) is 31.0. The van der Waals surface area contributed by atoms with Crippen LogP contribution >= 0.6 is 0 Å². The van der Waals surface area contributed by atoms with Gasteiger partial charge >= 0.3 is 0 Å². The van der Waals surface area contributed by atoms with Gasteiger partial charge in [-0.25, -0.2) is 4.98 Å². The van der Waals surface area contributed by atoms with Gasteiger partial charge in [0.25, 0.3) is 11.5 Å². The molecule has 1 aromatic carbocycles. The highest BCUT2D eigenvalue weighted by Gasteiger charge is 2.22. The van der Waals surface area contributed by atoms with Gasteiger partial charge in [0.2, 0.25) is 6.79 Å². The Morgan fingerprint density at radius 2 is 2.05 bits per heavy atom. The fraction of sp³-hybridized carbons (Fsp3) is 0.267. The third-order valence-electron chi connectivity index (χ3n) is 3.75. The van der Waals surface area contributed by atoms with Crippen molar-refractivity contribution in [2.75, 3.05) is 13.3 Å². The molecule has 22 heavy (non-hydrogen) atoms. The standard InChI is InChI=1S/C15H13N3O4/c19-14-9-3-4-16-15(20)13(9)17-12(18-14)6-8-1-2-10-11(5-8)22-7-21-10/h1-2,5H,3-4,6-7H2,(H,16,20)(H,17,18,19). The van der Waals surface area contributed by atoms with Crippen LogP contribution in [0.3, 0.4) is 0 Å². The van der Waals surface area contributed by atoms with Crippen LogP contribution in [0.1, 0.15) is 27.4 Å². The molecule has 2 aromatic rings. The van der Waals surface area contributed by atoms with Crippen molar-refractivity contribution in [3.63, 3.8) is 0 Å². The molecule has 2 N–H and O–H groups in total. The summed E-state index contributed by atoms with van der Waals surface area (Å²) in [7, 11) is 0. The number of fused-ring (bicyclic) bond motifs is 2. The first-order valence-corrected chi connectivity index (χ1v) is 6.99. The van der Waals surface area contributed by atoms with Crippen molar-refractivity contribution in [2.24, 2.45) is 0 Å². The van der Waals surface area contributed by atoms with Gasteiger partial charge in [0.15, 0.2) is 11.5 Å². The van der Waals surface area contributed by atoms with E-state index in [0.717, 1.165) is 5.56 Å². The van der Waals surface area contributed by atoms with E-state index in [1.54, 1.807) is 0 Å². The largest absolute Gasteiger partial charge is 0.454 e. The Balaban J connectivity index is 1.69. The maximum Gasteiger partial charge on any atom is 0.270 e. The van der Waals surface area contributed by atoms with Gasteiger partial charge in [0, 0.05) is 13.0 Å². The molecule has 112 valence electrons. The fourth-order valence-corrected chi connectivity index (χ4v) is 2.68. The Kier molecular flexibility index (Phi) is 2.85. The molecule has 7 heteroatoms. The monoisotopic (exact) mass is 299 g/mol. The zero-order valence-corrected chi connectivity index (χ0v) is 11.6. The van der Waals surface area contributed by atoms with E-state index in [1.807, 2.05) is 18.2 Å². The van der Waals surface area contributed by atoms with Crippen molar-refractivity contribution >= 4 is 5.91 Å². The molecule has 0 saturated heterocycles. The number of benzene rings is 1. The fourth-order valence-electron chi connectivity index (χ4n) is 2.68. The molecule has 7 nitrogen and oxygen atoms in total. The summed E-state index contributed by atoms with van der Waals surface area (Å²) in [6.45, 7) is 0.686. The van der Waals surface area contributed by atoms with Crippen molar-refractivity contribution in [3.8, 4) is 11.5 Å². The second kappa shape index (κ2) is 4.87. The van der Waals surface area contributed by atoms with Gasteiger partial charge < -0.3 is 19.8 Å². The smallest absolute Gasteiger partial charge is 0.270 e. The molecule has 4 rings (SSSR count). The van der Waals surface area contributed by atoms with Gasteiger partial charge in [0.05, 0.1) is 5.56 Å². The van der Waals surface area contributed by atoms with E-state index in [0.29, 0.717) is 42.3 Å². The Labute approximate surface area is 125 Å². The van der Waals surface area contributed by atoms with Crippen LogP contribution in [0.4, 0.5) is 0 Å². The molecule has 0 atom stereocenters. The molecule has 1 aromatic heterocycles. The third-order valence-corrected chi connectivity index (χ3v) is 3.75. The molecule has 0 bridgehead atoms. The number of H-pyrrole nitrogens is 1.